The van der Waals surface area contributed by atoms with Gasteiger partial charge in [0.15, 0.2) is 44.0 Å². The Kier molecular flexibility index (Phi) is 33.4. The third-order valence-electron chi connectivity index (χ3n) is 18.6. The normalized spacial score (nSPS) is 44.9. The summed E-state index contributed by atoms with van der Waals surface area (Å²) >= 11 is 1.66. The van der Waals surface area contributed by atoms with Gasteiger partial charge in [0.2, 0.25) is 0 Å². The van der Waals surface area contributed by atoms with Crippen LogP contribution in [0.3, 0.4) is 0 Å². The van der Waals surface area contributed by atoms with Gasteiger partial charge in [0.25, 0.3) is 0 Å². The van der Waals surface area contributed by atoms with Gasteiger partial charge >= 0.3 is 11.9 Å². The van der Waals surface area contributed by atoms with Crippen molar-refractivity contribution in [1.29, 1.82) is 0 Å². The summed E-state index contributed by atoms with van der Waals surface area (Å²) in [5, 5.41) is 239. The first-order valence-corrected chi connectivity index (χ1v) is 35.5. The van der Waals surface area contributed by atoms with Crippen LogP contribution in [0.1, 0.15) is 26.2 Å². The molecular weight excluding hydrogens is 1440 g/mol. The largest absolute Gasteiger partial charge is 0.481 e. The molecule has 0 aromatic rings. The second-order valence-corrected chi connectivity index (χ2v) is 27.9. The van der Waals surface area contributed by atoms with Crippen LogP contribution in [-0.2, 0) is 95.0 Å². The van der Waals surface area contributed by atoms with Crippen molar-refractivity contribution < 1.29 is 202 Å². The fraction of sp³-hybridized carbons (Fsp3) is 0.932. The van der Waals surface area contributed by atoms with Gasteiger partial charge in [-0.25, -0.2) is 0 Å². The maximum Gasteiger partial charge on any atom is 0.321 e. The molecule has 22 N–H and O–H groups in total. The Bertz CT molecular complexity index is 2610. The lowest BCUT2D eigenvalue weighted by Crippen LogP contribution is -2.68. The molecule has 14 unspecified atom stereocenters. The molecule has 14 bridgehead atoms. The molecule has 0 aromatic carbocycles. The van der Waals surface area contributed by atoms with E-state index in [0.717, 1.165) is 23.5 Å². The summed E-state index contributed by atoms with van der Waals surface area (Å²) in [7, 11) is 1.35. The highest BCUT2D eigenvalue weighted by Crippen LogP contribution is 2.40. The zero-order valence-electron chi connectivity index (χ0n) is 55.5. The van der Waals surface area contributed by atoms with Gasteiger partial charge in [0.05, 0.1) is 77.6 Å². The molecule has 0 aromatic heterocycles. The molecule has 21 rings (SSSR count). The Morgan fingerprint density at radius 1 is 0.350 bits per heavy atom. The first-order chi connectivity index (χ1) is 49.0. The SMILES string of the molecule is CN[C@H](CSCC1O[C@H]2O[C@@H]3C(CO)O[C@H](O[C@@H]4C(CO)O[C@H](O[C@@H]5C(CO)O[C@H](O[C@@H]6C(CSC[C@@H](CC(=O)CCOCCOCCC(C)=O)C(=O)O)O[C@H](O[C@@H]7C(CO)O[C@@H](O[C@@H]8C(CO)O[C@@H](O[C@H]1[C@H](O)C2O)C(O)[C@H]8O)C(O)[C@H]7O)C(O)[C@H]6O)C(O)[C@H]5O)C(O)[C@H]4O)[C@@H](O)C3O)C(=O)O. The maximum atomic E-state index is 13.0. The zero-order valence-corrected chi connectivity index (χ0v) is 57.2. The second kappa shape index (κ2) is 40.0. The molecule has 21 heterocycles. The summed E-state index contributed by atoms with van der Waals surface area (Å²) in [5.74, 6) is -6.08. The number of carbonyl (C=O) groups excluding carboxylic acids is 2. The number of ketones is 2. The Labute approximate surface area is 595 Å². The van der Waals surface area contributed by atoms with Crippen LogP contribution in [0.15, 0.2) is 0 Å². The van der Waals surface area contributed by atoms with Gasteiger partial charge < -0.3 is 188 Å². The molecule has 596 valence electrons. The smallest absolute Gasteiger partial charge is 0.321 e. The van der Waals surface area contributed by atoms with Gasteiger partial charge in [-0.3, -0.25) is 19.2 Å². The second-order valence-electron chi connectivity index (χ2n) is 25.7. The molecule has 103 heavy (non-hydrogen) atoms. The number of rotatable bonds is 27. The van der Waals surface area contributed by atoms with Crippen LogP contribution in [-0.4, -0.2) is 441 Å². The lowest BCUT2D eigenvalue weighted by molar-refractivity contribution is -0.395. The molecule has 0 spiro atoms. The molecule has 21 aliphatic rings. The highest BCUT2D eigenvalue weighted by molar-refractivity contribution is 7.99. The molecule has 42 nitrogen and oxygen atoms in total. The monoisotopic (exact) mass is 1540 g/mol. The number of carboxylic acids is 2. The van der Waals surface area contributed by atoms with Crippen LogP contribution < -0.4 is 5.32 Å². The van der Waals surface area contributed by atoms with Crippen LogP contribution >= 0.6 is 23.5 Å². The van der Waals surface area contributed by atoms with Crippen molar-refractivity contribution in [3.05, 3.63) is 0 Å². The number of ether oxygens (including phenoxy) is 16. The predicted octanol–water partition coefficient (Wildman–Crippen LogP) is -13.0. The maximum absolute atomic E-state index is 13.0. The molecule has 21 fully saturated rings. The van der Waals surface area contributed by atoms with Gasteiger partial charge in [-0.1, -0.05) is 0 Å². The van der Waals surface area contributed by atoms with E-state index in [9.17, 15) is 126 Å². The van der Waals surface area contributed by atoms with E-state index >= 15 is 0 Å². The summed E-state index contributed by atoms with van der Waals surface area (Å²) in [6, 6.07) is -1.18. The number of aliphatic carboxylic acids is 2. The number of thioether (sulfide) groups is 2. The number of hydrogen-bond acceptors (Lipinski definition) is 42. The fourth-order valence-corrected chi connectivity index (χ4v) is 15.0. The molecule has 0 amide bonds. The summed E-state index contributed by atoms with van der Waals surface area (Å²) in [6.45, 7) is -3.91. The van der Waals surface area contributed by atoms with E-state index in [1.54, 1.807) is 0 Å². The number of hydrogen-bond donors (Lipinski definition) is 22. The average Bonchev–Trinajstić information content (AvgIpc) is 0.785. The van der Waals surface area contributed by atoms with Gasteiger partial charge in [-0.15, -0.1) is 0 Å². The molecule has 37 atom stereocenters. The Morgan fingerprint density at radius 3 is 0.845 bits per heavy atom. The van der Waals surface area contributed by atoms with Gasteiger partial charge in [0.1, 0.15) is 176 Å². The highest BCUT2D eigenvalue weighted by Gasteiger charge is 2.60. The number of aliphatic hydroxyl groups is 19. The lowest BCUT2D eigenvalue weighted by Gasteiger charge is -2.50. The van der Waals surface area contributed by atoms with Crippen LogP contribution in [0.25, 0.3) is 0 Å². The van der Waals surface area contributed by atoms with Crippen molar-refractivity contribution in [2.75, 3.05) is 89.5 Å². The third kappa shape index (κ3) is 21.0. The van der Waals surface area contributed by atoms with Crippen LogP contribution in [0.2, 0.25) is 0 Å². The van der Waals surface area contributed by atoms with E-state index in [0.29, 0.717) is 0 Å². The van der Waals surface area contributed by atoms with E-state index in [-0.39, 0.29) is 62.3 Å². The first-order valence-electron chi connectivity index (χ1n) is 33.2. The topological polar surface area (TPSA) is 653 Å². The average molecular weight is 1540 g/mol. The molecule has 21 aliphatic heterocycles. The molecule has 44 heteroatoms. The van der Waals surface area contributed by atoms with Gasteiger partial charge in [-0.05, 0) is 14.0 Å². The Morgan fingerprint density at radius 2 is 0.602 bits per heavy atom. The van der Waals surface area contributed by atoms with Crippen molar-refractivity contribution in [3.8, 4) is 0 Å². The van der Waals surface area contributed by atoms with Crippen LogP contribution in [0.5, 0.6) is 0 Å². The molecule has 0 saturated carbocycles. The zero-order chi connectivity index (χ0) is 75.4. The predicted molar refractivity (Wildman–Crippen MR) is 332 cm³/mol. The van der Waals surface area contributed by atoms with E-state index in [1.165, 1.54) is 14.0 Å². The Hall–Kier alpha value is -2.46. The standard InChI is InChI=1S/C59H97NO41S2/c1-19(66)3-5-86-7-8-87-6-4-21(67)9-20(51(82)83)15-102-17-28-49-35(73)42(80)58(93-28)98-47-26(13-64)89-55(38(76)31(47)69)97-46-25(12-63)92-57(41(79)34(46)72)101-50-29(18-103-16-22(60-2)52(84)85)94-59(43(81)36(50)74)99-48-27(14-65)90-54(39(77)32(48)70)95-44-23(10-61)88-53(37(75)30(44)68)96-45-24(11-62)91-56(100-49)40(78)33(45)71/h20,22-50,53-65,68-81H,3-18H2,1-2H3,(H,82,83)(H,84,85)/t20-,22-,23?,24?,25?,26?,27?,28?,29?,30-,31-,32?,33-,34-,35-,36-,37?,38?,39+,40?,41?,42?,43?,44-,45-,46-,47-,48-,49-,50-,53-,54-,55+,56-,57+,58-,59+/m1/s1. The van der Waals surface area contributed by atoms with Crippen molar-refractivity contribution in [3.63, 3.8) is 0 Å². The molecule has 0 radical (unpaired) electrons. The number of likely N-dealkylation sites (N-methyl/N-ethyl adjacent to an activating group) is 1. The van der Waals surface area contributed by atoms with E-state index in [1.807, 2.05) is 0 Å². The quantitative estimate of drug-likeness (QED) is 0.0340. The van der Waals surface area contributed by atoms with Crippen LogP contribution in [0.4, 0.5) is 0 Å². The summed E-state index contributed by atoms with van der Waals surface area (Å²) in [6.07, 6.45) is -73.1. The van der Waals surface area contributed by atoms with E-state index < -0.39 is 290 Å². The van der Waals surface area contributed by atoms with Crippen molar-refractivity contribution in [1.82, 2.24) is 5.32 Å². The third-order valence-corrected chi connectivity index (χ3v) is 20.9. The number of Topliss-reactive ketones (excluding diaryl/α,β-unsaturated/α-hetero) is 2. The van der Waals surface area contributed by atoms with Crippen molar-refractivity contribution >= 4 is 47.0 Å². The summed E-state index contributed by atoms with van der Waals surface area (Å²) in [5.41, 5.74) is 0. The van der Waals surface area contributed by atoms with Gasteiger partial charge in [0, 0.05) is 42.3 Å². The van der Waals surface area contributed by atoms with Crippen molar-refractivity contribution in [2.24, 2.45) is 5.92 Å². The minimum atomic E-state index is -2.31. The van der Waals surface area contributed by atoms with Crippen LogP contribution in [0, 0.1) is 5.92 Å². The minimum Gasteiger partial charge on any atom is -0.481 e. The number of aliphatic hydroxyl groups excluding tert-OH is 19. The number of carbonyl (C=O) groups is 4. The first kappa shape index (κ1) is 86.1. The lowest BCUT2D eigenvalue weighted by atomic mass is 9.95. The summed E-state index contributed by atoms with van der Waals surface area (Å²) in [4.78, 5) is 48.7. The number of nitrogens with one attached hydrogen (secondary N) is 1. The summed E-state index contributed by atoms with van der Waals surface area (Å²) < 4.78 is 93.3. The molecule has 0 aliphatic carbocycles. The van der Waals surface area contributed by atoms with E-state index in [2.05, 4.69) is 5.32 Å². The minimum absolute atomic E-state index is 0.0645. The van der Waals surface area contributed by atoms with Crippen molar-refractivity contribution in [2.45, 2.75) is 247 Å². The van der Waals surface area contributed by atoms with Gasteiger partial charge in [-0.2, -0.15) is 23.5 Å². The van der Waals surface area contributed by atoms with E-state index in [4.69, 9.17) is 75.8 Å². The molecule has 21 saturated heterocycles. The molecular formula is C59H97NO41S2. The fourth-order valence-electron chi connectivity index (χ4n) is 12.6. The number of carboxylic acid groups (broad SMARTS) is 2. The highest BCUT2D eigenvalue weighted by atomic mass is 32.2. The Balaban J connectivity index is 1.08.